The Morgan fingerprint density at radius 1 is 0.852 bits per heavy atom. The Kier molecular flexibility index (Phi) is 5.94. The Labute approximate surface area is 155 Å². The summed E-state index contributed by atoms with van der Waals surface area (Å²) in [6.45, 7) is 1.77. The molecule has 9 heteroatoms. The van der Waals surface area contributed by atoms with Crippen molar-refractivity contribution in [1.82, 2.24) is 0 Å². The molecule has 0 bridgehead atoms. The van der Waals surface area contributed by atoms with Gasteiger partial charge in [0.25, 0.3) is 6.04 Å². The number of methoxy groups -OCH3 is 4. The molecule has 2 unspecified atom stereocenters. The summed E-state index contributed by atoms with van der Waals surface area (Å²) < 4.78 is 20.6. The van der Waals surface area contributed by atoms with Crippen molar-refractivity contribution in [1.29, 1.82) is 0 Å². The van der Waals surface area contributed by atoms with Crippen LogP contribution >= 0.6 is 0 Å². The summed E-state index contributed by atoms with van der Waals surface area (Å²) in [5.74, 6) is -4.94. The van der Waals surface area contributed by atoms with Gasteiger partial charge in [0.15, 0.2) is 12.1 Å². The van der Waals surface area contributed by atoms with Crippen LogP contribution in [0.4, 0.5) is 0 Å². The fourth-order valence-corrected chi connectivity index (χ4v) is 3.08. The smallest absolute Gasteiger partial charge is 0.376 e. The van der Waals surface area contributed by atoms with Gasteiger partial charge in [-0.15, -0.1) is 0 Å². The summed E-state index contributed by atoms with van der Waals surface area (Å²) in [7, 11) is 4.51. The maximum atomic E-state index is 12.5. The molecule has 0 aliphatic carbocycles. The van der Waals surface area contributed by atoms with Crippen molar-refractivity contribution in [3.05, 3.63) is 35.2 Å². The van der Waals surface area contributed by atoms with Crippen molar-refractivity contribution in [3.63, 3.8) is 0 Å². The fraction of sp³-hybridized carbons (Fsp3) is 0.389. The monoisotopic (exact) mass is 378 g/mol. The Hall–Kier alpha value is -3.23. The van der Waals surface area contributed by atoms with Crippen LogP contribution in [-0.2, 0) is 38.1 Å². The molecule has 2 heterocycles. The van der Waals surface area contributed by atoms with Crippen LogP contribution in [0.5, 0.6) is 0 Å². The zero-order valence-corrected chi connectivity index (χ0v) is 15.6. The van der Waals surface area contributed by atoms with Crippen LogP contribution < -0.4 is 4.57 Å². The van der Waals surface area contributed by atoms with Crippen molar-refractivity contribution in [2.45, 2.75) is 13.0 Å². The average Bonchev–Trinajstić information content (AvgIpc) is 2.69. The van der Waals surface area contributed by atoms with Crippen LogP contribution in [0.15, 0.2) is 23.9 Å². The first-order valence-corrected chi connectivity index (χ1v) is 7.90. The largest absolute Gasteiger partial charge is 0.468 e. The molecule has 27 heavy (non-hydrogen) atoms. The zero-order valence-electron chi connectivity index (χ0n) is 15.6. The normalized spacial score (nSPS) is 18.3. The first-order valence-electron chi connectivity index (χ1n) is 7.90. The predicted octanol–water partition coefficient (Wildman–Crippen LogP) is -0.101. The summed E-state index contributed by atoms with van der Waals surface area (Å²) in [5, 5.41) is 0. The molecule has 0 radical (unpaired) electrons. The highest BCUT2D eigenvalue weighted by atomic mass is 16.5. The maximum Gasteiger partial charge on any atom is 0.376 e. The standard InChI is InChI=1S/C18H20NO8/c1-9-6-7-10-11(15(20)24-2)12(16(21)25-3)13(17(22)26-4)14(18(23)27-5)19(10)8-9/h6-8,13-14H,1-5H3/q+1. The van der Waals surface area contributed by atoms with E-state index in [0.29, 0.717) is 0 Å². The highest BCUT2D eigenvalue weighted by Gasteiger charge is 2.55. The number of carbonyl (C=O) groups excluding carboxylic acids is 4. The number of pyridine rings is 1. The molecule has 2 rings (SSSR count). The Morgan fingerprint density at radius 2 is 1.44 bits per heavy atom. The third-order valence-electron chi connectivity index (χ3n) is 4.27. The quantitative estimate of drug-likeness (QED) is 0.406. The molecule has 0 aromatic carbocycles. The number of hydrogen-bond acceptors (Lipinski definition) is 8. The molecule has 1 aromatic rings. The van der Waals surface area contributed by atoms with Crippen LogP contribution in [0.3, 0.4) is 0 Å². The van der Waals surface area contributed by atoms with Crippen LogP contribution in [0.2, 0.25) is 0 Å². The summed E-state index contributed by atoms with van der Waals surface area (Å²) in [4.78, 5) is 50.1. The van der Waals surface area contributed by atoms with Gasteiger partial charge < -0.3 is 18.9 Å². The molecule has 2 atom stereocenters. The minimum absolute atomic E-state index is 0.181. The van der Waals surface area contributed by atoms with Gasteiger partial charge in [-0.3, -0.25) is 4.79 Å². The summed E-state index contributed by atoms with van der Waals surface area (Å²) in [6, 6.07) is 1.98. The van der Waals surface area contributed by atoms with E-state index < -0.39 is 35.8 Å². The van der Waals surface area contributed by atoms with Gasteiger partial charge in [0.1, 0.15) is 5.57 Å². The molecule has 0 amide bonds. The van der Waals surface area contributed by atoms with Gasteiger partial charge in [-0.25, -0.2) is 14.4 Å². The molecular weight excluding hydrogens is 358 g/mol. The van der Waals surface area contributed by atoms with E-state index in [4.69, 9.17) is 18.9 Å². The topological polar surface area (TPSA) is 109 Å². The highest BCUT2D eigenvalue weighted by Crippen LogP contribution is 2.36. The van der Waals surface area contributed by atoms with E-state index in [2.05, 4.69) is 0 Å². The number of carbonyl (C=O) groups is 4. The van der Waals surface area contributed by atoms with Gasteiger partial charge >= 0.3 is 23.9 Å². The number of nitrogens with zero attached hydrogens (tertiary/aromatic N) is 1. The molecule has 1 aromatic heterocycles. The van der Waals surface area contributed by atoms with E-state index in [1.807, 2.05) is 0 Å². The maximum absolute atomic E-state index is 12.5. The minimum Gasteiger partial charge on any atom is -0.468 e. The number of esters is 4. The third kappa shape index (κ3) is 3.40. The molecular formula is C18H20NO8+. The molecule has 9 nitrogen and oxygen atoms in total. The second-order valence-corrected chi connectivity index (χ2v) is 5.74. The van der Waals surface area contributed by atoms with E-state index in [1.165, 1.54) is 4.57 Å². The first kappa shape index (κ1) is 20.1. The van der Waals surface area contributed by atoms with Crippen molar-refractivity contribution < 1.29 is 42.7 Å². The Morgan fingerprint density at radius 3 is 1.96 bits per heavy atom. The van der Waals surface area contributed by atoms with Crippen molar-refractivity contribution in [2.24, 2.45) is 5.92 Å². The fourth-order valence-electron chi connectivity index (χ4n) is 3.08. The van der Waals surface area contributed by atoms with E-state index >= 15 is 0 Å². The highest BCUT2D eigenvalue weighted by molar-refractivity contribution is 6.23. The number of rotatable bonds is 4. The van der Waals surface area contributed by atoms with Gasteiger partial charge in [0.2, 0.25) is 5.69 Å². The summed E-state index contributed by atoms with van der Waals surface area (Å²) in [5.41, 5.74) is 0.459. The van der Waals surface area contributed by atoms with Crippen LogP contribution in [0.1, 0.15) is 17.3 Å². The van der Waals surface area contributed by atoms with Gasteiger partial charge in [0, 0.05) is 11.6 Å². The SMILES string of the molecule is COC(=O)C1=C(C(=O)OC)C(C(=O)OC)C(C(=O)OC)[n+]2cc(C)ccc21. The number of aromatic nitrogens is 1. The number of aryl methyl sites for hydroxylation is 1. The second-order valence-electron chi connectivity index (χ2n) is 5.74. The molecule has 144 valence electrons. The van der Waals surface area contributed by atoms with E-state index in [1.54, 1.807) is 25.3 Å². The van der Waals surface area contributed by atoms with Crippen LogP contribution in [0.25, 0.3) is 5.57 Å². The molecule has 0 saturated carbocycles. The molecule has 0 saturated heterocycles. The number of ether oxygens (including phenoxy) is 4. The first-order chi connectivity index (χ1) is 12.8. The predicted molar refractivity (Wildman–Crippen MR) is 88.9 cm³/mol. The minimum atomic E-state index is -1.46. The molecule has 1 aliphatic heterocycles. The number of fused-ring (bicyclic) bond motifs is 1. The summed E-state index contributed by atoms with van der Waals surface area (Å²) >= 11 is 0. The lowest BCUT2D eigenvalue weighted by Gasteiger charge is -2.27. The van der Waals surface area contributed by atoms with E-state index in [9.17, 15) is 19.2 Å². The van der Waals surface area contributed by atoms with Gasteiger partial charge in [-0.1, -0.05) is 0 Å². The van der Waals surface area contributed by atoms with Crippen molar-refractivity contribution in [3.8, 4) is 0 Å². The lowest BCUT2D eigenvalue weighted by atomic mass is 9.82. The molecule has 0 N–H and O–H groups in total. The van der Waals surface area contributed by atoms with E-state index in [-0.39, 0.29) is 16.8 Å². The molecule has 1 aliphatic rings. The van der Waals surface area contributed by atoms with Crippen molar-refractivity contribution >= 4 is 29.5 Å². The average molecular weight is 378 g/mol. The van der Waals surface area contributed by atoms with Crippen LogP contribution in [0, 0.1) is 12.8 Å². The molecule has 0 fully saturated rings. The second kappa shape index (κ2) is 7.98. The summed E-state index contributed by atoms with van der Waals surface area (Å²) in [6.07, 6.45) is 1.57. The lowest BCUT2D eigenvalue weighted by Crippen LogP contribution is -2.57. The van der Waals surface area contributed by atoms with E-state index in [0.717, 1.165) is 34.0 Å². The Balaban J connectivity index is 2.97. The van der Waals surface area contributed by atoms with Gasteiger partial charge in [-0.2, -0.15) is 4.57 Å². The zero-order chi connectivity index (χ0) is 20.3. The van der Waals surface area contributed by atoms with Gasteiger partial charge in [0.05, 0.1) is 34.0 Å². The lowest BCUT2D eigenvalue weighted by molar-refractivity contribution is -0.718. The Bertz CT molecular complexity index is 842. The molecule has 0 spiro atoms. The van der Waals surface area contributed by atoms with Crippen molar-refractivity contribution in [2.75, 3.05) is 28.4 Å². The van der Waals surface area contributed by atoms with Gasteiger partial charge in [-0.05, 0) is 13.0 Å². The van der Waals surface area contributed by atoms with Crippen LogP contribution in [-0.4, -0.2) is 52.3 Å². The number of hydrogen-bond donors (Lipinski definition) is 0. The third-order valence-corrected chi connectivity index (χ3v) is 4.27.